The Bertz CT molecular complexity index is 738. The second kappa shape index (κ2) is 8.39. The highest BCUT2D eigenvalue weighted by Gasteiger charge is 2.30. The van der Waals surface area contributed by atoms with Gasteiger partial charge in [-0.1, -0.05) is 6.92 Å². The molecule has 2 N–H and O–H groups in total. The lowest BCUT2D eigenvalue weighted by Gasteiger charge is -2.31. The second-order valence-electron chi connectivity index (χ2n) is 7.53. The Hall–Kier alpha value is -1.93. The van der Waals surface area contributed by atoms with Gasteiger partial charge in [0, 0.05) is 11.8 Å². The monoisotopic (exact) mass is 394 g/mol. The smallest absolute Gasteiger partial charge is 0.341 e. The van der Waals surface area contributed by atoms with Crippen molar-refractivity contribution in [1.29, 1.82) is 0 Å². The van der Waals surface area contributed by atoms with E-state index < -0.39 is 0 Å². The summed E-state index contributed by atoms with van der Waals surface area (Å²) in [6, 6.07) is 0. The van der Waals surface area contributed by atoms with Crippen LogP contribution in [0.5, 0.6) is 0 Å². The molecule has 2 aliphatic rings. The number of nitrogens with zero attached hydrogens (tertiary/aromatic N) is 1. The number of esters is 1. The van der Waals surface area contributed by atoms with E-state index in [0.717, 1.165) is 42.8 Å². The van der Waals surface area contributed by atoms with Crippen molar-refractivity contribution in [2.75, 3.05) is 45.2 Å². The van der Waals surface area contributed by atoms with E-state index in [0.29, 0.717) is 36.1 Å². The summed E-state index contributed by atoms with van der Waals surface area (Å²) in [5.74, 6) is 0.199. The van der Waals surface area contributed by atoms with Crippen LogP contribution >= 0.6 is 11.3 Å². The van der Waals surface area contributed by atoms with E-state index in [4.69, 9.17) is 4.74 Å². The number of amides is 2. The zero-order chi connectivity index (χ0) is 19.6. The van der Waals surface area contributed by atoms with Crippen molar-refractivity contribution in [2.24, 2.45) is 5.92 Å². The Balaban J connectivity index is 1.67. The highest BCUT2D eigenvalue weighted by atomic mass is 32.1. The minimum Gasteiger partial charge on any atom is -0.465 e. The van der Waals surface area contributed by atoms with Gasteiger partial charge in [-0.2, -0.15) is 0 Å². The number of methoxy groups -OCH3 is 1. The van der Waals surface area contributed by atoms with E-state index in [1.54, 1.807) is 6.92 Å². The Kier molecular flexibility index (Phi) is 6.16. The third kappa shape index (κ3) is 4.50. The molecule has 0 aromatic carbocycles. The van der Waals surface area contributed by atoms with Gasteiger partial charge in [0.25, 0.3) is 5.91 Å². The van der Waals surface area contributed by atoms with Gasteiger partial charge in [-0.15, -0.1) is 11.3 Å². The first-order valence-corrected chi connectivity index (χ1v) is 10.3. The summed E-state index contributed by atoms with van der Waals surface area (Å²) < 4.78 is 4.97. The number of fused-ring (bicyclic) bond motifs is 1. The zero-order valence-corrected chi connectivity index (χ0v) is 17.0. The molecule has 3 rings (SSSR count). The maximum absolute atomic E-state index is 12.6. The van der Waals surface area contributed by atoms with Crippen molar-refractivity contribution in [3.8, 4) is 0 Å². The SMILES string of the molecule is COC(=O)c1c(NC(=O)C[NH+]2CCN(C(C)=O)CC2)sc2c1CC[C@@H](C)C2. The Morgan fingerprint density at radius 3 is 2.63 bits per heavy atom. The summed E-state index contributed by atoms with van der Waals surface area (Å²) in [7, 11) is 1.38. The number of ether oxygens (including phenoxy) is 1. The third-order valence-electron chi connectivity index (χ3n) is 5.48. The summed E-state index contributed by atoms with van der Waals surface area (Å²) in [5.41, 5.74) is 1.58. The number of hydrogen-bond acceptors (Lipinski definition) is 5. The number of nitrogens with one attached hydrogen (secondary N) is 2. The van der Waals surface area contributed by atoms with Gasteiger partial charge in [-0.25, -0.2) is 4.79 Å². The molecule has 1 saturated heterocycles. The quantitative estimate of drug-likeness (QED) is 0.722. The topological polar surface area (TPSA) is 80.2 Å². The van der Waals surface area contributed by atoms with Crippen LogP contribution < -0.4 is 10.2 Å². The van der Waals surface area contributed by atoms with Crippen LogP contribution in [0.25, 0.3) is 0 Å². The highest BCUT2D eigenvalue weighted by molar-refractivity contribution is 7.17. The van der Waals surface area contributed by atoms with Crippen molar-refractivity contribution in [3.05, 3.63) is 16.0 Å². The lowest BCUT2D eigenvalue weighted by atomic mass is 9.88. The first kappa shape index (κ1) is 19.8. The molecule has 0 bridgehead atoms. The van der Waals surface area contributed by atoms with Crippen molar-refractivity contribution >= 4 is 34.1 Å². The van der Waals surface area contributed by atoms with Gasteiger partial charge in [0.1, 0.15) is 5.00 Å². The fourth-order valence-corrected chi connectivity index (χ4v) is 5.28. The van der Waals surface area contributed by atoms with E-state index in [-0.39, 0.29) is 17.8 Å². The van der Waals surface area contributed by atoms with Crippen molar-refractivity contribution < 1.29 is 24.0 Å². The van der Waals surface area contributed by atoms with Gasteiger partial charge >= 0.3 is 5.97 Å². The molecule has 1 fully saturated rings. The number of carbonyl (C=O) groups excluding carboxylic acids is 3. The van der Waals surface area contributed by atoms with Gasteiger partial charge in [-0.3, -0.25) is 9.59 Å². The van der Waals surface area contributed by atoms with E-state index in [9.17, 15) is 14.4 Å². The molecule has 0 spiro atoms. The second-order valence-corrected chi connectivity index (χ2v) is 8.63. The van der Waals surface area contributed by atoms with E-state index in [1.807, 2.05) is 4.90 Å². The van der Waals surface area contributed by atoms with E-state index in [1.165, 1.54) is 23.3 Å². The summed E-state index contributed by atoms with van der Waals surface area (Å²) >= 11 is 1.51. The fourth-order valence-electron chi connectivity index (χ4n) is 3.87. The Morgan fingerprint density at radius 1 is 1.30 bits per heavy atom. The lowest BCUT2D eigenvalue weighted by molar-refractivity contribution is -0.895. The molecule has 1 aliphatic heterocycles. The molecule has 0 radical (unpaired) electrons. The Labute approximate surface area is 163 Å². The van der Waals surface area contributed by atoms with Gasteiger partial charge in [0.15, 0.2) is 6.54 Å². The van der Waals surface area contributed by atoms with Gasteiger partial charge < -0.3 is 19.9 Å². The van der Waals surface area contributed by atoms with Crippen molar-refractivity contribution in [1.82, 2.24) is 4.90 Å². The van der Waals surface area contributed by atoms with Crippen LogP contribution in [0.1, 0.15) is 41.1 Å². The molecule has 7 nitrogen and oxygen atoms in total. The van der Waals surface area contributed by atoms with Crippen LogP contribution in [0, 0.1) is 5.92 Å². The summed E-state index contributed by atoms with van der Waals surface area (Å²) in [5, 5.41) is 3.57. The van der Waals surface area contributed by atoms with Crippen LogP contribution in [0.15, 0.2) is 0 Å². The summed E-state index contributed by atoms with van der Waals surface area (Å²) in [4.78, 5) is 40.5. The van der Waals surface area contributed by atoms with Gasteiger partial charge in [-0.05, 0) is 30.7 Å². The number of anilines is 1. The minimum atomic E-state index is -0.375. The number of carbonyl (C=O) groups is 3. The molecule has 148 valence electrons. The van der Waals surface area contributed by atoms with Crippen LogP contribution in [0.3, 0.4) is 0 Å². The molecule has 27 heavy (non-hydrogen) atoms. The molecule has 2 heterocycles. The van der Waals surface area contributed by atoms with Gasteiger partial charge in [0.05, 0.1) is 38.9 Å². The molecule has 1 atom stereocenters. The number of piperazine rings is 1. The summed E-state index contributed by atoms with van der Waals surface area (Å²) in [6.07, 6.45) is 2.84. The molecular formula is C19H28N3O4S+. The maximum Gasteiger partial charge on any atom is 0.341 e. The maximum atomic E-state index is 12.6. The van der Waals surface area contributed by atoms with Crippen molar-refractivity contribution in [3.63, 3.8) is 0 Å². The highest BCUT2D eigenvalue weighted by Crippen LogP contribution is 2.39. The molecule has 2 amide bonds. The molecular weight excluding hydrogens is 366 g/mol. The number of rotatable bonds is 4. The largest absolute Gasteiger partial charge is 0.465 e. The average molecular weight is 395 g/mol. The number of thiophene rings is 1. The molecule has 1 aliphatic carbocycles. The molecule has 1 aromatic heterocycles. The van der Waals surface area contributed by atoms with E-state index >= 15 is 0 Å². The average Bonchev–Trinajstić information content (AvgIpc) is 2.98. The minimum absolute atomic E-state index is 0.0830. The first-order chi connectivity index (χ1) is 12.9. The number of quaternary nitrogens is 1. The van der Waals surface area contributed by atoms with Crippen LogP contribution in [-0.2, 0) is 27.2 Å². The molecule has 1 aromatic rings. The van der Waals surface area contributed by atoms with Crippen LogP contribution in [0.4, 0.5) is 5.00 Å². The predicted octanol–water partition coefficient (Wildman–Crippen LogP) is 0.345. The normalized spacial score (nSPS) is 20.1. The van der Waals surface area contributed by atoms with Crippen molar-refractivity contribution in [2.45, 2.75) is 33.1 Å². The fraction of sp³-hybridized carbons (Fsp3) is 0.632. The predicted molar refractivity (Wildman–Crippen MR) is 103 cm³/mol. The third-order valence-corrected chi connectivity index (χ3v) is 6.65. The molecule has 8 heteroatoms. The van der Waals surface area contributed by atoms with Gasteiger partial charge in [0.2, 0.25) is 5.91 Å². The van der Waals surface area contributed by atoms with Crippen LogP contribution in [0.2, 0.25) is 0 Å². The number of hydrogen-bond donors (Lipinski definition) is 2. The molecule has 0 unspecified atom stereocenters. The summed E-state index contributed by atoms with van der Waals surface area (Å²) in [6.45, 7) is 7.00. The standard InChI is InChI=1S/C19H27N3O4S/c1-12-4-5-14-15(10-12)27-18(17(14)19(25)26-3)20-16(24)11-21-6-8-22(9-7-21)13(2)23/h12H,4-11H2,1-3H3,(H,20,24)/p+1/t12-/m1/s1. The first-order valence-electron chi connectivity index (χ1n) is 9.50. The Morgan fingerprint density at radius 2 is 2.00 bits per heavy atom. The lowest BCUT2D eigenvalue weighted by Crippen LogP contribution is -3.15. The van der Waals surface area contributed by atoms with Crippen LogP contribution in [-0.4, -0.2) is 62.5 Å². The van der Waals surface area contributed by atoms with E-state index in [2.05, 4.69) is 12.2 Å². The molecule has 0 saturated carbocycles. The zero-order valence-electron chi connectivity index (χ0n) is 16.2.